The van der Waals surface area contributed by atoms with Crippen molar-refractivity contribution in [3.63, 3.8) is 0 Å². The highest BCUT2D eigenvalue weighted by atomic mass is 19.1. The second-order valence-corrected chi connectivity index (χ2v) is 8.65. The summed E-state index contributed by atoms with van der Waals surface area (Å²) in [6.07, 6.45) is 0.290. The Labute approximate surface area is 179 Å². The highest BCUT2D eigenvalue weighted by Gasteiger charge is 2.53. The van der Waals surface area contributed by atoms with Crippen LogP contribution in [0.5, 0.6) is 0 Å². The largest absolute Gasteiger partial charge is 0.393 e. The smallest absolute Gasteiger partial charge is 0.200 e. The Hall–Kier alpha value is -2.29. The second kappa shape index (κ2) is 7.69. The van der Waals surface area contributed by atoms with Gasteiger partial charge in [-0.1, -0.05) is 30.3 Å². The fourth-order valence-electron chi connectivity index (χ4n) is 4.68. The van der Waals surface area contributed by atoms with Crippen LogP contribution in [0.2, 0.25) is 0 Å². The Balaban J connectivity index is 1.60. The molecule has 2 aliphatic rings. The molecule has 2 heterocycles. The van der Waals surface area contributed by atoms with Crippen molar-refractivity contribution in [2.24, 2.45) is 0 Å². The summed E-state index contributed by atoms with van der Waals surface area (Å²) in [4.78, 5) is 0. The number of nitrogens with zero attached hydrogens (tertiary/aromatic N) is 1. The molecule has 164 valence electrons. The number of aliphatic hydroxyl groups excluding tert-OH is 3. The Kier molecular flexibility index (Phi) is 5.11. The number of hydrogen-bond donors (Lipinski definition) is 4. The van der Waals surface area contributed by atoms with Crippen molar-refractivity contribution >= 4 is 10.9 Å². The topological polar surface area (TPSA) is 95.1 Å². The van der Waals surface area contributed by atoms with Crippen molar-refractivity contribution in [3.8, 4) is 0 Å². The summed E-state index contributed by atoms with van der Waals surface area (Å²) < 4.78 is 21.6. The first kappa shape index (κ1) is 20.6. The molecular weight excluding hydrogens is 401 g/mol. The van der Waals surface area contributed by atoms with E-state index in [1.54, 1.807) is 12.3 Å². The minimum absolute atomic E-state index is 0.220. The van der Waals surface area contributed by atoms with E-state index in [1.807, 2.05) is 12.1 Å². The van der Waals surface area contributed by atoms with Crippen LogP contribution in [-0.4, -0.2) is 56.5 Å². The van der Waals surface area contributed by atoms with Crippen molar-refractivity contribution in [1.29, 1.82) is 0 Å². The van der Waals surface area contributed by atoms with Crippen LogP contribution in [0, 0.1) is 5.82 Å². The third kappa shape index (κ3) is 3.37. The van der Waals surface area contributed by atoms with Crippen LogP contribution in [0.25, 0.3) is 10.9 Å². The molecule has 2 fully saturated rings. The van der Waals surface area contributed by atoms with Crippen LogP contribution in [0.4, 0.5) is 4.39 Å². The fraction of sp³-hybridized carbons (Fsp3) is 0.417. The molecule has 1 aromatic heterocycles. The Bertz CT molecular complexity index is 1090. The molecule has 0 bridgehead atoms. The van der Waals surface area contributed by atoms with E-state index in [4.69, 9.17) is 4.74 Å². The minimum Gasteiger partial charge on any atom is -0.393 e. The van der Waals surface area contributed by atoms with Gasteiger partial charge in [-0.3, -0.25) is 0 Å². The minimum atomic E-state index is -2.16. The number of aliphatic hydroxyl groups is 4. The van der Waals surface area contributed by atoms with Crippen molar-refractivity contribution in [2.45, 2.75) is 49.2 Å². The third-order valence-electron chi connectivity index (χ3n) is 6.57. The molecule has 0 radical (unpaired) electrons. The molecular formula is C24H26FNO5. The Morgan fingerprint density at radius 3 is 2.52 bits per heavy atom. The number of hydrogen-bond acceptors (Lipinski definition) is 5. The predicted molar refractivity (Wildman–Crippen MR) is 112 cm³/mol. The summed E-state index contributed by atoms with van der Waals surface area (Å²) >= 11 is 0. The van der Waals surface area contributed by atoms with Gasteiger partial charge in [-0.25, -0.2) is 4.39 Å². The van der Waals surface area contributed by atoms with Crippen LogP contribution >= 0.6 is 0 Å². The first-order valence-electron chi connectivity index (χ1n) is 10.6. The average Bonchev–Trinajstić information content (AvgIpc) is 3.55. The molecule has 0 spiro atoms. The molecule has 3 aromatic rings. The third-order valence-corrected chi connectivity index (χ3v) is 6.57. The maximum Gasteiger partial charge on any atom is 0.200 e. The van der Waals surface area contributed by atoms with Gasteiger partial charge in [0.25, 0.3) is 0 Å². The highest BCUT2D eigenvalue weighted by molar-refractivity contribution is 5.85. The van der Waals surface area contributed by atoms with E-state index in [-0.39, 0.29) is 6.61 Å². The van der Waals surface area contributed by atoms with Crippen LogP contribution in [0.3, 0.4) is 0 Å². The quantitative estimate of drug-likeness (QED) is 0.500. The van der Waals surface area contributed by atoms with Gasteiger partial charge >= 0.3 is 0 Å². The number of ether oxygens (including phenoxy) is 1. The van der Waals surface area contributed by atoms with Crippen molar-refractivity contribution < 1.29 is 29.6 Å². The van der Waals surface area contributed by atoms with E-state index in [1.165, 1.54) is 35.1 Å². The second-order valence-electron chi connectivity index (χ2n) is 8.65. The summed E-state index contributed by atoms with van der Waals surface area (Å²) in [5, 5.41) is 42.3. The zero-order chi connectivity index (χ0) is 21.8. The average molecular weight is 427 g/mol. The summed E-state index contributed by atoms with van der Waals surface area (Å²) in [5.74, 6) is 0.203. The molecule has 1 saturated carbocycles. The monoisotopic (exact) mass is 427 g/mol. The summed E-state index contributed by atoms with van der Waals surface area (Å²) in [6, 6.07) is 12.8. The predicted octanol–water partition coefficient (Wildman–Crippen LogP) is 2.01. The van der Waals surface area contributed by atoms with E-state index in [9.17, 15) is 24.8 Å². The molecule has 6 nitrogen and oxygen atoms in total. The van der Waals surface area contributed by atoms with E-state index in [0.717, 1.165) is 5.56 Å². The molecule has 7 heteroatoms. The lowest BCUT2D eigenvalue weighted by atomic mass is 9.92. The van der Waals surface area contributed by atoms with Crippen LogP contribution in [0.15, 0.2) is 48.7 Å². The maximum absolute atomic E-state index is 14.9. The molecule has 4 atom stereocenters. The van der Waals surface area contributed by atoms with Gasteiger partial charge in [0.05, 0.1) is 18.7 Å². The number of halogens is 1. The lowest BCUT2D eigenvalue weighted by Gasteiger charge is -2.45. The van der Waals surface area contributed by atoms with Crippen molar-refractivity contribution in [1.82, 2.24) is 4.57 Å². The van der Waals surface area contributed by atoms with Gasteiger partial charge in [-0.2, -0.15) is 0 Å². The number of benzene rings is 2. The molecule has 2 aromatic carbocycles. The zero-order valence-corrected chi connectivity index (χ0v) is 17.0. The molecule has 1 aliphatic heterocycles. The first-order chi connectivity index (χ1) is 14.9. The first-order valence-corrected chi connectivity index (χ1v) is 10.6. The zero-order valence-electron chi connectivity index (χ0n) is 17.0. The SMILES string of the molecule is OC[C@H]1OC[C@H](O)[C@@H](O)[C@@]1(O)n1cc(Cc2ccc(C3CC3)cc2)c2c(F)cccc21. The van der Waals surface area contributed by atoms with Crippen LogP contribution in [0.1, 0.15) is 35.4 Å². The van der Waals surface area contributed by atoms with E-state index < -0.39 is 36.5 Å². The molecule has 0 unspecified atom stereocenters. The van der Waals surface area contributed by atoms with Crippen molar-refractivity contribution in [3.05, 3.63) is 71.2 Å². The Morgan fingerprint density at radius 1 is 1.10 bits per heavy atom. The van der Waals surface area contributed by atoms with Gasteiger partial charge in [0, 0.05) is 11.6 Å². The summed E-state index contributed by atoms with van der Waals surface area (Å²) in [7, 11) is 0. The van der Waals surface area contributed by atoms with E-state index in [0.29, 0.717) is 28.8 Å². The normalized spacial score (nSPS) is 28.9. The van der Waals surface area contributed by atoms with Crippen molar-refractivity contribution in [2.75, 3.05) is 13.2 Å². The number of rotatable bonds is 5. The van der Waals surface area contributed by atoms with Gasteiger partial charge in [0.1, 0.15) is 24.1 Å². The molecule has 1 saturated heterocycles. The summed E-state index contributed by atoms with van der Waals surface area (Å²) in [6.45, 7) is -0.796. The van der Waals surface area contributed by atoms with Gasteiger partial charge in [-0.15, -0.1) is 0 Å². The van der Waals surface area contributed by atoms with Gasteiger partial charge < -0.3 is 29.7 Å². The highest BCUT2D eigenvalue weighted by Crippen LogP contribution is 2.40. The molecule has 31 heavy (non-hydrogen) atoms. The molecule has 5 rings (SSSR count). The van der Waals surface area contributed by atoms with Gasteiger partial charge in [0.2, 0.25) is 0 Å². The van der Waals surface area contributed by atoms with Gasteiger partial charge in [-0.05, 0) is 54.0 Å². The van der Waals surface area contributed by atoms with Crippen LogP contribution < -0.4 is 0 Å². The lowest BCUT2D eigenvalue weighted by molar-refractivity contribution is -0.285. The Morgan fingerprint density at radius 2 is 1.84 bits per heavy atom. The standard InChI is InChI=1S/C24H26FNO5/c25-18-2-1-3-19-22(18)17(10-14-4-6-15(7-5-14)16-8-9-16)11-26(19)24(30)21(12-27)31-13-20(28)23(24)29/h1-7,11,16,20-21,23,27-30H,8-10,12-13H2/t20-,21+,23+,24+/m0/s1. The fourth-order valence-corrected chi connectivity index (χ4v) is 4.68. The summed E-state index contributed by atoms with van der Waals surface area (Å²) in [5.41, 5.74) is 1.13. The van der Waals surface area contributed by atoms with E-state index >= 15 is 0 Å². The van der Waals surface area contributed by atoms with Gasteiger partial charge in [0.15, 0.2) is 5.72 Å². The maximum atomic E-state index is 14.9. The van der Waals surface area contributed by atoms with E-state index in [2.05, 4.69) is 12.1 Å². The lowest BCUT2D eigenvalue weighted by Crippen LogP contribution is -2.64. The molecule has 4 N–H and O–H groups in total. The number of fused-ring (bicyclic) bond motifs is 1. The number of aromatic nitrogens is 1. The molecule has 1 aliphatic carbocycles. The molecule has 0 amide bonds. The van der Waals surface area contributed by atoms with Crippen LogP contribution in [-0.2, 0) is 16.9 Å².